The zero-order valence-electron chi connectivity index (χ0n) is 30.1. The summed E-state index contributed by atoms with van der Waals surface area (Å²) < 4.78 is 27.0. The van der Waals surface area contributed by atoms with E-state index < -0.39 is 10.0 Å². The van der Waals surface area contributed by atoms with Crippen LogP contribution in [0.3, 0.4) is 0 Å². The smallest absolute Gasteiger partial charge is 0.354 e. The summed E-state index contributed by atoms with van der Waals surface area (Å²) in [5.41, 5.74) is 22.3. The van der Waals surface area contributed by atoms with E-state index in [9.17, 15) is 13.2 Å². The van der Waals surface area contributed by atoms with Crippen LogP contribution in [0.5, 0.6) is 0 Å². The van der Waals surface area contributed by atoms with Crippen LogP contribution in [-0.4, -0.2) is 54.8 Å². The molecule has 0 atom stereocenters. The number of benzene rings is 2. The number of aliphatic imine (C=N–C) groups is 1. The van der Waals surface area contributed by atoms with Gasteiger partial charge in [0, 0.05) is 41.5 Å². The molecule has 4 aromatic rings. The molecule has 12 nitrogen and oxygen atoms in total. The zero-order chi connectivity index (χ0) is 36.4. The second kappa shape index (κ2) is 17.0. The number of nitrogens with one attached hydrogen (secondary N) is 3. The summed E-state index contributed by atoms with van der Waals surface area (Å²) in [6, 6.07) is 15.9. The topological polar surface area (TPSA) is 199 Å². The first-order valence-electron chi connectivity index (χ1n) is 16.7. The van der Waals surface area contributed by atoms with E-state index in [-0.39, 0.29) is 22.5 Å². The van der Waals surface area contributed by atoms with Gasteiger partial charge in [0.05, 0.1) is 11.9 Å². The van der Waals surface area contributed by atoms with E-state index in [4.69, 9.17) is 17.2 Å². The Morgan fingerprint density at radius 1 is 0.939 bits per heavy atom. The molecule has 49 heavy (non-hydrogen) atoms. The molecule has 2 aromatic carbocycles. The number of anilines is 1. The Morgan fingerprint density at radius 2 is 1.63 bits per heavy atom. The molecular weight excluding hydrogens is 639 g/mol. The molecule has 9 N–H and O–H groups in total. The van der Waals surface area contributed by atoms with Crippen LogP contribution in [0.15, 0.2) is 64.5 Å². The molecular formula is C36H55N9O3S. The van der Waals surface area contributed by atoms with E-state index in [0.29, 0.717) is 24.4 Å². The van der Waals surface area contributed by atoms with Crippen molar-refractivity contribution < 1.29 is 8.42 Å². The predicted molar refractivity (Wildman–Crippen MR) is 203 cm³/mol. The van der Waals surface area contributed by atoms with Gasteiger partial charge in [0.25, 0.3) is 0 Å². The quantitative estimate of drug-likeness (QED) is 0.0672. The fourth-order valence-electron chi connectivity index (χ4n) is 5.02. The number of sulfonamides is 1. The number of rotatable bonds is 13. The Balaban J connectivity index is 0.000000286. The third-order valence-corrected chi connectivity index (χ3v) is 8.35. The largest absolute Gasteiger partial charge is 0.370 e. The van der Waals surface area contributed by atoms with Gasteiger partial charge in [0.1, 0.15) is 5.65 Å². The molecule has 0 aliphatic heterocycles. The highest BCUT2D eigenvalue weighted by Crippen LogP contribution is 2.28. The van der Waals surface area contributed by atoms with E-state index in [1.807, 2.05) is 42.6 Å². The Kier molecular flexibility index (Phi) is 13.6. The summed E-state index contributed by atoms with van der Waals surface area (Å²) in [7, 11) is -3.25. The number of aryl methyl sites for hydroxylation is 1. The lowest BCUT2D eigenvalue weighted by atomic mass is 9.85. The Labute approximate surface area is 291 Å². The monoisotopic (exact) mass is 693 g/mol. The average Bonchev–Trinajstić information content (AvgIpc) is 3.41. The SMILES string of the molecule is CC(C)(C)c1cc(CCCCN)cc(NS(C)(=O)=O)c1.CC(C)(C)c1cc2cn(-c3ccc(CNCCCN=C(N)N)cc3)c(=O)nc2[nH]1. The van der Waals surface area contributed by atoms with E-state index in [0.717, 1.165) is 72.2 Å². The first kappa shape index (κ1) is 39.2. The molecule has 4 rings (SSSR count). The maximum absolute atomic E-state index is 12.5. The van der Waals surface area contributed by atoms with E-state index in [1.54, 1.807) is 4.57 Å². The number of guanidine groups is 1. The summed E-state index contributed by atoms with van der Waals surface area (Å²) in [5.74, 6) is 0.123. The number of nitrogens with two attached hydrogens (primary N) is 3. The van der Waals surface area contributed by atoms with Crippen molar-refractivity contribution in [1.29, 1.82) is 0 Å². The molecule has 0 unspecified atom stereocenters. The third-order valence-electron chi connectivity index (χ3n) is 7.75. The van der Waals surface area contributed by atoms with Gasteiger partial charge >= 0.3 is 5.69 Å². The van der Waals surface area contributed by atoms with Crippen molar-refractivity contribution in [3.8, 4) is 5.69 Å². The molecule has 0 spiro atoms. The minimum atomic E-state index is -3.25. The number of nitrogens with zero attached hydrogens (tertiary/aromatic N) is 3. The van der Waals surface area contributed by atoms with Crippen molar-refractivity contribution in [3.63, 3.8) is 0 Å². The molecule has 2 aromatic heterocycles. The minimum Gasteiger partial charge on any atom is -0.370 e. The zero-order valence-corrected chi connectivity index (χ0v) is 30.9. The fraction of sp³-hybridized carbons (Fsp3) is 0.472. The van der Waals surface area contributed by atoms with Crippen LogP contribution in [0, 0.1) is 0 Å². The van der Waals surface area contributed by atoms with Crippen molar-refractivity contribution in [2.24, 2.45) is 22.2 Å². The first-order chi connectivity index (χ1) is 22.9. The lowest BCUT2D eigenvalue weighted by molar-refractivity contribution is 0.574. The van der Waals surface area contributed by atoms with Crippen LogP contribution in [0.2, 0.25) is 0 Å². The minimum absolute atomic E-state index is 0.0161. The fourth-order valence-corrected chi connectivity index (χ4v) is 5.56. The standard InChI is InChI=1S/C21H29N7O.C15H26N2O2S/c1-21(2,3)17-11-15-13-28(20(29)27-18(15)26-17)16-7-5-14(6-8-16)12-24-9-4-10-25-19(22)23;1-15(2,3)13-9-12(7-5-6-8-16)10-14(11-13)17-20(4,18)19/h5-8,11,13,24H,4,9-10,12H2,1-3H3,(H4,22,23,25)(H,26,27,29);9-11,17H,5-8,16H2,1-4H3. The molecule has 0 aliphatic rings. The molecule has 13 heteroatoms. The van der Waals surface area contributed by atoms with Gasteiger partial charge in [-0.1, -0.05) is 59.7 Å². The Morgan fingerprint density at radius 3 is 2.22 bits per heavy atom. The third kappa shape index (κ3) is 13.0. The molecule has 2 heterocycles. The summed E-state index contributed by atoms with van der Waals surface area (Å²) >= 11 is 0. The van der Waals surface area contributed by atoms with Crippen molar-refractivity contribution in [2.75, 3.05) is 30.6 Å². The van der Waals surface area contributed by atoms with Crippen LogP contribution < -0.4 is 32.9 Å². The molecule has 268 valence electrons. The highest BCUT2D eigenvalue weighted by atomic mass is 32.2. The molecule has 0 saturated carbocycles. The highest BCUT2D eigenvalue weighted by molar-refractivity contribution is 7.92. The lowest BCUT2D eigenvalue weighted by Gasteiger charge is -2.21. The second-order valence-corrected chi connectivity index (χ2v) is 16.2. The van der Waals surface area contributed by atoms with Crippen LogP contribution in [0.25, 0.3) is 16.7 Å². The first-order valence-corrected chi connectivity index (χ1v) is 18.6. The van der Waals surface area contributed by atoms with E-state index >= 15 is 0 Å². The van der Waals surface area contributed by atoms with Crippen molar-refractivity contribution in [2.45, 2.75) is 84.6 Å². The highest BCUT2D eigenvalue weighted by Gasteiger charge is 2.18. The molecule has 0 amide bonds. The molecule has 0 fully saturated rings. The molecule has 0 saturated heterocycles. The van der Waals surface area contributed by atoms with Crippen molar-refractivity contribution in [3.05, 3.63) is 87.6 Å². The van der Waals surface area contributed by atoms with Crippen LogP contribution in [0.4, 0.5) is 5.69 Å². The van der Waals surface area contributed by atoms with Gasteiger partial charge in [0.15, 0.2) is 5.96 Å². The number of aromatic nitrogens is 3. The second-order valence-electron chi connectivity index (χ2n) is 14.4. The number of aromatic amines is 1. The maximum atomic E-state index is 12.5. The lowest BCUT2D eigenvalue weighted by Crippen LogP contribution is -2.23. The average molecular weight is 694 g/mol. The van der Waals surface area contributed by atoms with Gasteiger partial charge in [-0.15, -0.1) is 0 Å². The normalized spacial score (nSPS) is 12.0. The Bertz CT molecular complexity index is 1860. The predicted octanol–water partition coefficient (Wildman–Crippen LogP) is 4.40. The van der Waals surface area contributed by atoms with Gasteiger partial charge in [0.2, 0.25) is 10.0 Å². The van der Waals surface area contributed by atoms with Gasteiger partial charge in [-0.25, -0.2) is 13.2 Å². The van der Waals surface area contributed by atoms with Crippen molar-refractivity contribution in [1.82, 2.24) is 19.9 Å². The van der Waals surface area contributed by atoms with Crippen LogP contribution >= 0.6 is 0 Å². The number of fused-ring (bicyclic) bond motifs is 1. The summed E-state index contributed by atoms with van der Waals surface area (Å²) in [5, 5.41) is 4.27. The van der Waals surface area contributed by atoms with E-state index in [1.165, 1.54) is 6.26 Å². The van der Waals surface area contributed by atoms with Crippen LogP contribution in [-0.2, 0) is 33.8 Å². The van der Waals surface area contributed by atoms with Gasteiger partial charge < -0.3 is 27.5 Å². The van der Waals surface area contributed by atoms with Gasteiger partial charge in [-0.05, 0) is 91.2 Å². The Hall–Kier alpha value is -4.20. The molecule has 0 bridgehead atoms. The summed E-state index contributed by atoms with van der Waals surface area (Å²) in [6.45, 7) is 15.6. The number of unbranched alkanes of at least 4 members (excludes halogenated alkanes) is 1. The maximum Gasteiger partial charge on any atom is 0.354 e. The number of H-pyrrole nitrogens is 1. The van der Waals surface area contributed by atoms with E-state index in [2.05, 4.69) is 78.7 Å². The number of hydrogen-bond acceptors (Lipinski definition) is 7. The molecule has 0 radical (unpaired) electrons. The molecule has 0 aliphatic carbocycles. The summed E-state index contributed by atoms with van der Waals surface area (Å²) in [6.07, 6.45) is 6.79. The van der Waals surface area contributed by atoms with Crippen LogP contribution in [0.1, 0.15) is 83.2 Å². The summed E-state index contributed by atoms with van der Waals surface area (Å²) in [4.78, 5) is 23.9. The van der Waals surface area contributed by atoms with Gasteiger partial charge in [-0.3, -0.25) is 14.3 Å². The number of hydrogen-bond donors (Lipinski definition) is 6. The van der Waals surface area contributed by atoms with Gasteiger partial charge in [-0.2, -0.15) is 4.98 Å². The van der Waals surface area contributed by atoms with Crippen molar-refractivity contribution >= 4 is 32.7 Å².